The van der Waals surface area contributed by atoms with E-state index in [1.807, 2.05) is 6.07 Å². The number of nitrogens with one attached hydrogen (secondary N) is 1. The van der Waals surface area contributed by atoms with Crippen molar-refractivity contribution in [2.24, 2.45) is 5.10 Å². The van der Waals surface area contributed by atoms with E-state index in [9.17, 15) is 14.9 Å². The molecule has 0 aromatic heterocycles. The summed E-state index contributed by atoms with van der Waals surface area (Å²) >= 11 is 3.28. The molecule has 0 aliphatic heterocycles. The van der Waals surface area contributed by atoms with Crippen molar-refractivity contribution in [3.05, 3.63) is 80.3 Å². The van der Waals surface area contributed by atoms with Crippen molar-refractivity contribution in [3.63, 3.8) is 0 Å². The zero-order valence-corrected chi connectivity index (χ0v) is 13.4. The molecule has 0 fully saturated rings. The first-order chi connectivity index (χ1) is 11.1. The van der Waals surface area contributed by atoms with E-state index in [1.165, 1.54) is 18.4 Å². The number of allylic oxidation sites excluding steroid dienone is 1. The molecule has 6 nitrogen and oxygen atoms in total. The Balaban J connectivity index is 1.97. The van der Waals surface area contributed by atoms with Crippen LogP contribution in [0.15, 0.2) is 64.2 Å². The smallest absolute Gasteiger partial charge is 0.267 e. The lowest BCUT2D eigenvalue weighted by Gasteiger charge is -1.99. The van der Waals surface area contributed by atoms with Gasteiger partial charge in [-0.2, -0.15) is 5.10 Å². The third kappa shape index (κ3) is 4.86. The van der Waals surface area contributed by atoms with Crippen LogP contribution in [0.1, 0.15) is 15.9 Å². The quantitative estimate of drug-likeness (QED) is 0.491. The second-order valence-corrected chi connectivity index (χ2v) is 5.32. The predicted octanol–water partition coefficient (Wildman–Crippen LogP) is 3.79. The maximum Gasteiger partial charge on any atom is 0.276 e. The molecule has 2 aromatic carbocycles. The Morgan fingerprint density at radius 1 is 1.22 bits per heavy atom. The molecule has 0 saturated carbocycles. The first-order valence-corrected chi connectivity index (χ1v) is 7.36. The number of hydrogen-bond acceptors (Lipinski definition) is 4. The molecule has 0 heterocycles. The summed E-state index contributed by atoms with van der Waals surface area (Å²) in [6, 6.07) is 13.3. The fraction of sp³-hybridized carbons (Fsp3) is 0. The van der Waals surface area contributed by atoms with Crippen LogP contribution < -0.4 is 5.43 Å². The molecule has 0 saturated heterocycles. The van der Waals surface area contributed by atoms with Crippen molar-refractivity contribution in [2.75, 3.05) is 0 Å². The number of carbonyl (C=O) groups is 1. The molecule has 2 rings (SSSR count). The van der Waals surface area contributed by atoms with Gasteiger partial charge in [0.1, 0.15) is 0 Å². The number of amides is 1. The van der Waals surface area contributed by atoms with Crippen LogP contribution in [0, 0.1) is 10.1 Å². The molecule has 116 valence electrons. The van der Waals surface area contributed by atoms with E-state index in [1.54, 1.807) is 42.5 Å². The summed E-state index contributed by atoms with van der Waals surface area (Å²) in [5.41, 5.74) is 3.32. The number of para-hydroxylation sites is 1. The van der Waals surface area contributed by atoms with Gasteiger partial charge in [0.2, 0.25) is 0 Å². The van der Waals surface area contributed by atoms with Crippen LogP contribution in [0.3, 0.4) is 0 Å². The van der Waals surface area contributed by atoms with Gasteiger partial charge >= 0.3 is 0 Å². The number of nitro benzene ring substituents is 1. The maximum absolute atomic E-state index is 11.8. The summed E-state index contributed by atoms with van der Waals surface area (Å²) in [5.74, 6) is -0.346. The number of nitrogens with zero attached hydrogens (tertiary/aromatic N) is 2. The summed E-state index contributed by atoms with van der Waals surface area (Å²) in [4.78, 5) is 22.2. The Morgan fingerprint density at radius 3 is 2.74 bits per heavy atom. The molecule has 0 aliphatic carbocycles. The fourth-order valence-electron chi connectivity index (χ4n) is 1.77. The molecule has 0 unspecified atom stereocenters. The molecular weight excluding hydrogens is 362 g/mol. The van der Waals surface area contributed by atoms with Gasteiger partial charge < -0.3 is 0 Å². The van der Waals surface area contributed by atoms with Crippen LogP contribution >= 0.6 is 15.9 Å². The minimum atomic E-state index is -0.453. The summed E-state index contributed by atoms with van der Waals surface area (Å²) in [5, 5.41) is 14.6. The Kier molecular flexibility index (Phi) is 5.76. The summed E-state index contributed by atoms with van der Waals surface area (Å²) in [6.07, 6.45) is 4.42. The number of hydrogen-bond donors (Lipinski definition) is 1. The molecular formula is C16H12BrN3O3. The average Bonchev–Trinajstić information content (AvgIpc) is 2.54. The molecule has 0 radical (unpaired) electrons. The Labute approximate surface area is 140 Å². The van der Waals surface area contributed by atoms with Crippen LogP contribution in [0.4, 0.5) is 5.69 Å². The molecule has 7 heteroatoms. The van der Waals surface area contributed by atoms with E-state index >= 15 is 0 Å². The van der Waals surface area contributed by atoms with Crippen LogP contribution in [0.25, 0.3) is 6.08 Å². The van der Waals surface area contributed by atoms with Gasteiger partial charge in [-0.3, -0.25) is 14.9 Å². The largest absolute Gasteiger partial charge is 0.276 e. The van der Waals surface area contributed by atoms with Crippen LogP contribution in [-0.2, 0) is 0 Å². The summed E-state index contributed by atoms with van der Waals surface area (Å²) in [6.45, 7) is 0. The van der Waals surface area contributed by atoms with Gasteiger partial charge in [-0.15, -0.1) is 0 Å². The van der Waals surface area contributed by atoms with Crippen molar-refractivity contribution >= 4 is 39.8 Å². The number of carbonyl (C=O) groups excluding carboxylic acids is 1. The monoisotopic (exact) mass is 373 g/mol. The van der Waals surface area contributed by atoms with E-state index < -0.39 is 4.92 Å². The predicted molar refractivity (Wildman–Crippen MR) is 92.2 cm³/mol. The third-order valence-corrected chi connectivity index (χ3v) is 3.32. The van der Waals surface area contributed by atoms with Crippen molar-refractivity contribution in [2.45, 2.75) is 0 Å². The number of halogens is 1. The second kappa shape index (κ2) is 8.00. The maximum atomic E-state index is 11.8. The number of hydrazone groups is 1. The van der Waals surface area contributed by atoms with E-state index in [0.29, 0.717) is 11.1 Å². The molecule has 0 bridgehead atoms. The lowest BCUT2D eigenvalue weighted by atomic mass is 10.2. The van der Waals surface area contributed by atoms with E-state index in [2.05, 4.69) is 26.5 Å². The average molecular weight is 374 g/mol. The minimum absolute atomic E-state index is 0.00956. The Hall–Kier alpha value is -2.80. The summed E-state index contributed by atoms with van der Waals surface area (Å²) < 4.78 is 0.797. The highest BCUT2D eigenvalue weighted by molar-refractivity contribution is 9.10. The van der Waals surface area contributed by atoms with Crippen LogP contribution in [-0.4, -0.2) is 17.0 Å². The molecule has 2 aromatic rings. The van der Waals surface area contributed by atoms with Gasteiger partial charge in [-0.05, 0) is 36.4 Å². The van der Waals surface area contributed by atoms with E-state index in [4.69, 9.17) is 0 Å². The first-order valence-electron chi connectivity index (χ1n) is 6.57. The number of benzene rings is 2. The summed E-state index contributed by atoms with van der Waals surface area (Å²) in [7, 11) is 0. The Morgan fingerprint density at radius 2 is 2.00 bits per heavy atom. The minimum Gasteiger partial charge on any atom is -0.267 e. The second-order valence-electron chi connectivity index (χ2n) is 4.40. The molecule has 0 atom stereocenters. The number of nitro groups is 1. The van der Waals surface area contributed by atoms with E-state index in [0.717, 1.165) is 4.47 Å². The normalized spacial score (nSPS) is 11.0. The highest BCUT2D eigenvalue weighted by Gasteiger charge is 2.08. The van der Waals surface area contributed by atoms with Crippen LogP contribution in [0.2, 0.25) is 0 Å². The first kappa shape index (κ1) is 16.6. The van der Waals surface area contributed by atoms with E-state index in [-0.39, 0.29) is 11.6 Å². The topological polar surface area (TPSA) is 84.6 Å². The van der Waals surface area contributed by atoms with Gasteiger partial charge in [0.05, 0.1) is 10.5 Å². The third-order valence-electron chi connectivity index (χ3n) is 2.82. The van der Waals surface area contributed by atoms with Gasteiger partial charge in [-0.25, -0.2) is 5.43 Å². The molecule has 1 amide bonds. The Bertz CT molecular complexity index is 788. The SMILES string of the molecule is O=C(NN=CC=Cc1ccccc1[N+](=O)[O-])c1cccc(Br)c1. The fourth-order valence-corrected chi connectivity index (χ4v) is 2.17. The highest BCUT2D eigenvalue weighted by Crippen LogP contribution is 2.18. The number of rotatable bonds is 5. The van der Waals surface area contributed by atoms with Crippen molar-refractivity contribution < 1.29 is 9.72 Å². The zero-order valence-electron chi connectivity index (χ0n) is 11.8. The van der Waals surface area contributed by atoms with Gasteiger partial charge in [0, 0.05) is 22.3 Å². The van der Waals surface area contributed by atoms with Crippen molar-refractivity contribution in [1.29, 1.82) is 0 Å². The molecule has 0 spiro atoms. The molecule has 1 N–H and O–H groups in total. The van der Waals surface area contributed by atoms with Crippen molar-refractivity contribution in [1.82, 2.24) is 5.43 Å². The molecule has 23 heavy (non-hydrogen) atoms. The van der Waals surface area contributed by atoms with Crippen molar-refractivity contribution in [3.8, 4) is 0 Å². The highest BCUT2D eigenvalue weighted by atomic mass is 79.9. The van der Waals surface area contributed by atoms with Gasteiger partial charge in [0.25, 0.3) is 11.6 Å². The lowest BCUT2D eigenvalue weighted by molar-refractivity contribution is -0.385. The zero-order chi connectivity index (χ0) is 16.7. The van der Waals surface area contributed by atoms with Crippen LogP contribution in [0.5, 0.6) is 0 Å². The van der Waals surface area contributed by atoms with Gasteiger partial charge in [0.15, 0.2) is 0 Å². The standard InChI is InChI=1S/C16H12BrN3O3/c17-14-8-3-6-13(11-14)16(21)19-18-10-4-7-12-5-1-2-9-15(12)20(22)23/h1-11H,(H,19,21). The van der Waals surface area contributed by atoms with Gasteiger partial charge in [-0.1, -0.05) is 34.1 Å². The molecule has 0 aliphatic rings. The lowest BCUT2D eigenvalue weighted by Crippen LogP contribution is -2.17.